The number of hydrogen-bond acceptors (Lipinski definition) is 5. The van der Waals surface area contributed by atoms with E-state index in [1.54, 1.807) is 30.0 Å². The Bertz CT molecular complexity index is 1020. The van der Waals surface area contributed by atoms with Gasteiger partial charge in [0.1, 0.15) is 11.0 Å². The average Bonchev–Trinajstić information content (AvgIpc) is 2.99. The van der Waals surface area contributed by atoms with E-state index in [0.717, 1.165) is 12.0 Å². The van der Waals surface area contributed by atoms with Gasteiger partial charge in [-0.05, 0) is 25.0 Å². The maximum Gasteiger partial charge on any atom is 0.330 e. The second-order valence-corrected chi connectivity index (χ2v) is 6.27. The largest absolute Gasteiger partial charge is 0.385 e. The summed E-state index contributed by atoms with van der Waals surface area (Å²) in [5.41, 5.74) is 0.541. The first-order valence-corrected chi connectivity index (χ1v) is 8.78. The van der Waals surface area contributed by atoms with Gasteiger partial charge in [-0.1, -0.05) is 18.5 Å². The van der Waals surface area contributed by atoms with Gasteiger partial charge in [0.05, 0.1) is 0 Å². The number of H-pyrrole nitrogens is 1. The number of aromatic nitrogens is 5. The summed E-state index contributed by atoms with van der Waals surface area (Å²) in [5, 5.41) is 0.376. The Kier molecular flexibility index (Phi) is 5.53. The van der Waals surface area contributed by atoms with Crippen LogP contribution in [-0.4, -0.2) is 37.8 Å². The summed E-state index contributed by atoms with van der Waals surface area (Å²) < 4.78 is 8.51. The molecule has 0 aromatic carbocycles. The molecule has 0 bridgehead atoms. The highest BCUT2D eigenvalue weighted by Crippen LogP contribution is 2.23. The first-order valence-electron chi connectivity index (χ1n) is 8.41. The van der Waals surface area contributed by atoms with Crippen LogP contribution in [0.4, 0.5) is 0 Å². The third-order valence-electron chi connectivity index (χ3n) is 4.04. The lowest BCUT2D eigenvalue weighted by Crippen LogP contribution is -2.31. The molecule has 0 aliphatic rings. The van der Waals surface area contributed by atoms with Crippen molar-refractivity contribution in [3.05, 3.63) is 44.3 Å². The van der Waals surface area contributed by atoms with Crippen molar-refractivity contribution in [2.75, 3.05) is 13.7 Å². The molecule has 3 aromatic heterocycles. The number of ether oxygens (including phenoxy) is 1. The lowest BCUT2D eigenvalue weighted by Gasteiger charge is -2.12. The van der Waals surface area contributed by atoms with Crippen molar-refractivity contribution >= 4 is 22.8 Å². The number of aromatic amines is 1. The Hall–Kier alpha value is -2.45. The van der Waals surface area contributed by atoms with Crippen LogP contribution in [0.2, 0.25) is 5.15 Å². The van der Waals surface area contributed by atoms with Crippen molar-refractivity contribution in [3.63, 3.8) is 0 Å². The van der Waals surface area contributed by atoms with Crippen LogP contribution in [0.15, 0.2) is 27.9 Å². The molecule has 26 heavy (non-hydrogen) atoms. The standard InChI is InChI=1S/C17H20ClN5O3/c1-3-7-22-14(11-5-6-12(18)19-10-11)20-13-15(24)21-17(25)23(16(13)22)8-4-9-26-2/h5-6,10H,3-4,7-9H2,1-2H3,(H,21,24,25). The van der Waals surface area contributed by atoms with Gasteiger partial charge >= 0.3 is 5.69 Å². The number of halogens is 1. The molecule has 0 spiro atoms. The Labute approximate surface area is 154 Å². The van der Waals surface area contributed by atoms with Gasteiger partial charge < -0.3 is 9.30 Å². The van der Waals surface area contributed by atoms with Crippen molar-refractivity contribution in [1.82, 2.24) is 24.1 Å². The van der Waals surface area contributed by atoms with Gasteiger partial charge in [-0.25, -0.2) is 14.8 Å². The van der Waals surface area contributed by atoms with E-state index in [9.17, 15) is 9.59 Å². The summed E-state index contributed by atoms with van der Waals surface area (Å²) in [7, 11) is 1.61. The van der Waals surface area contributed by atoms with Gasteiger partial charge in [0, 0.05) is 38.6 Å². The van der Waals surface area contributed by atoms with E-state index in [1.165, 1.54) is 0 Å². The van der Waals surface area contributed by atoms with E-state index in [1.807, 2.05) is 11.5 Å². The van der Waals surface area contributed by atoms with Gasteiger partial charge in [-0.15, -0.1) is 0 Å². The number of methoxy groups -OCH3 is 1. The molecule has 3 heterocycles. The van der Waals surface area contributed by atoms with Crippen LogP contribution < -0.4 is 11.2 Å². The number of nitrogens with zero attached hydrogens (tertiary/aromatic N) is 4. The van der Waals surface area contributed by atoms with Crippen LogP contribution in [-0.2, 0) is 17.8 Å². The predicted molar refractivity (Wildman–Crippen MR) is 99.6 cm³/mol. The number of rotatable bonds is 7. The van der Waals surface area contributed by atoms with Crippen LogP contribution in [0.3, 0.4) is 0 Å². The second kappa shape index (κ2) is 7.84. The number of imidazole rings is 1. The zero-order valence-electron chi connectivity index (χ0n) is 14.7. The molecule has 0 amide bonds. The molecule has 3 aromatic rings. The van der Waals surface area contributed by atoms with Crippen molar-refractivity contribution in [1.29, 1.82) is 0 Å². The molecular weight excluding hydrogens is 358 g/mol. The Balaban J connectivity index is 2.27. The van der Waals surface area contributed by atoms with Gasteiger partial charge in [-0.3, -0.25) is 14.3 Å². The Morgan fingerprint density at radius 1 is 1.23 bits per heavy atom. The van der Waals surface area contributed by atoms with Crippen molar-refractivity contribution < 1.29 is 4.74 Å². The SMILES string of the molecule is CCCn1c(-c2ccc(Cl)nc2)nc2c(=O)[nH]c(=O)n(CCCOC)c21. The molecule has 1 N–H and O–H groups in total. The smallest absolute Gasteiger partial charge is 0.330 e. The van der Waals surface area contributed by atoms with Crippen LogP contribution in [0.1, 0.15) is 19.8 Å². The van der Waals surface area contributed by atoms with E-state index < -0.39 is 11.2 Å². The Morgan fingerprint density at radius 3 is 2.69 bits per heavy atom. The molecule has 0 saturated carbocycles. The zero-order chi connectivity index (χ0) is 18.7. The summed E-state index contributed by atoms with van der Waals surface area (Å²) in [6.45, 7) is 3.58. The first kappa shape index (κ1) is 18.3. The molecule has 9 heteroatoms. The van der Waals surface area contributed by atoms with E-state index >= 15 is 0 Å². The van der Waals surface area contributed by atoms with Gasteiger partial charge in [-0.2, -0.15) is 0 Å². The summed E-state index contributed by atoms with van der Waals surface area (Å²) in [6.07, 6.45) is 3.07. The van der Waals surface area contributed by atoms with Gasteiger partial charge in [0.25, 0.3) is 5.56 Å². The lowest BCUT2D eigenvalue weighted by atomic mass is 10.2. The van der Waals surface area contributed by atoms with Gasteiger partial charge in [0.2, 0.25) is 0 Å². The van der Waals surface area contributed by atoms with Crippen molar-refractivity contribution in [2.24, 2.45) is 0 Å². The fourth-order valence-corrected chi connectivity index (χ4v) is 3.04. The predicted octanol–water partition coefficient (Wildman–Crippen LogP) is 2.05. The van der Waals surface area contributed by atoms with Crippen LogP contribution >= 0.6 is 11.6 Å². The maximum atomic E-state index is 12.4. The number of fused-ring (bicyclic) bond motifs is 1. The summed E-state index contributed by atoms with van der Waals surface area (Å²) in [5.74, 6) is 0.586. The van der Waals surface area contributed by atoms with Crippen LogP contribution in [0.5, 0.6) is 0 Å². The highest BCUT2D eigenvalue weighted by molar-refractivity contribution is 6.29. The summed E-state index contributed by atoms with van der Waals surface area (Å²) >= 11 is 5.87. The molecule has 0 unspecified atom stereocenters. The molecule has 0 radical (unpaired) electrons. The van der Waals surface area contributed by atoms with Gasteiger partial charge in [0.15, 0.2) is 11.2 Å². The van der Waals surface area contributed by atoms with Crippen LogP contribution in [0, 0.1) is 0 Å². The van der Waals surface area contributed by atoms with Crippen molar-refractivity contribution in [2.45, 2.75) is 32.9 Å². The van der Waals surface area contributed by atoms with E-state index in [0.29, 0.717) is 42.7 Å². The molecule has 0 saturated heterocycles. The number of hydrogen-bond donors (Lipinski definition) is 1. The lowest BCUT2D eigenvalue weighted by molar-refractivity contribution is 0.190. The quantitative estimate of drug-likeness (QED) is 0.502. The van der Waals surface area contributed by atoms with E-state index in [2.05, 4.69) is 15.0 Å². The number of nitrogens with one attached hydrogen (secondary N) is 1. The molecule has 0 fully saturated rings. The Morgan fingerprint density at radius 2 is 2.04 bits per heavy atom. The monoisotopic (exact) mass is 377 g/mol. The minimum atomic E-state index is -0.494. The molecule has 3 rings (SSSR count). The normalized spacial score (nSPS) is 11.3. The molecule has 0 atom stereocenters. The van der Waals surface area contributed by atoms with E-state index in [4.69, 9.17) is 16.3 Å². The molecule has 8 nitrogen and oxygen atoms in total. The third kappa shape index (κ3) is 3.42. The second-order valence-electron chi connectivity index (χ2n) is 5.89. The summed E-state index contributed by atoms with van der Waals surface area (Å²) in [6, 6.07) is 3.46. The number of pyridine rings is 1. The minimum absolute atomic E-state index is 0.236. The van der Waals surface area contributed by atoms with Crippen LogP contribution in [0.25, 0.3) is 22.6 Å². The highest BCUT2D eigenvalue weighted by atomic mass is 35.5. The topological polar surface area (TPSA) is 94.8 Å². The fraction of sp³-hybridized carbons (Fsp3) is 0.412. The molecule has 138 valence electrons. The highest BCUT2D eigenvalue weighted by Gasteiger charge is 2.19. The zero-order valence-corrected chi connectivity index (χ0v) is 15.4. The summed E-state index contributed by atoms with van der Waals surface area (Å²) in [4.78, 5) is 35.7. The average molecular weight is 378 g/mol. The molecular formula is C17H20ClN5O3. The fourth-order valence-electron chi connectivity index (χ4n) is 2.93. The number of aryl methyl sites for hydroxylation is 2. The minimum Gasteiger partial charge on any atom is -0.385 e. The first-order chi connectivity index (χ1) is 12.6. The third-order valence-corrected chi connectivity index (χ3v) is 4.26. The maximum absolute atomic E-state index is 12.4. The molecule has 0 aliphatic heterocycles. The van der Waals surface area contributed by atoms with E-state index in [-0.39, 0.29) is 5.52 Å². The molecule has 0 aliphatic carbocycles. The van der Waals surface area contributed by atoms with Crippen molar-refractivity contribution in [3.8, 4) is 11.4 Å².